The number of ether oxygens (including phenoxy) is 1. The van der Waals surface area contributed by atoms with Gasteiger partial charge < -0.3 is 15.4 Å². The lowest BCUT2D eigenvalue weighted by molar-refractivity contribution is -0.120. The number of H-pyrrole nitrogens is 1. The summed E-state index contributed by atoms with van der Waals surface area (Å²) in [5.74, 6) is -0.616. The lowest BCUT2D eigenvalue weighted by Gasteiger charge is -2.05. The van der Waals surface area contributed by atoms with Crippen molar-refractivity contribution in [2.45, 2.75) is 19.8 Å². The summed E-state index contributed by atoms with van der Waals surface area (Å²) in [5, 5.41) is 11.8. The number of methoxy groups -OCH3 is 1. The highest BCUT2D eigenvalue weighted by atomic mass is 16.5. The van der Waals surface area contributed by atoms with E-state index >= 15 is 0 Å². The number of rotatable bonds is 8. The van der Waals surface area contributed by atoms with E-state index in [4.69, 9.17) is 4.74 Å². The van der Waals surface area contributed by atoms with E-state index in [0.29, 0.717) is 18.8 Å². The highest BCUT2D eigenvalue weighted by molar-refractivity contribution is 5.94. The predicted molar refractivity (Wildman–Crippen MR) is 69.8 cm³/mol. The Balaban J connectivity index is 2.31. The van der Waals surface area contributed by atoms with Crippen LogP contribution in [0.3, 0.4) is 0 Å². The molecule has 0 radical (unpaired) electrons. The Bertz CT molecular complexity index is 417. The average molecular weight is 268 g/mol. The lowest BCUT2D eigenvalue weighted by Crippen LogP contribution is -2.38. The zero-order valence-corrected chi connectivity index (χ0v) is 11.3. The molecule has 0 fully saturated rings. The molecule has 0 saturated carbocycles. The van der Waals surface area contributed by atoms with Gasteiger partial charge in [0.05, 0.1) is 13.2 Å². The largest absolute Gasteiger partial charge is 0.383 e. The van der Waals surface area contributed by atoms with Crippen LogP contribution in [0.5, 0.6) is 0 Å². The van der Waals surface area contributed by atoms with Crippen LogP contribution in [0.15, 0.2) is 6.07 Å². The van der Waals surface area contributed by atoms with Gasteiger partial charge in [-0.2, -0.15) is 5.10 Å². The zero-order chi connectivity index (χ0) is 14.1. The van der Waals surface area contributed by atoms with Crippen LogP contribution in [0.2, 0.25) is 0 Å². The van der Waals surface area contributed by atoms with Crippen molar-refractivity contribution in [3.8, 4) is 0 Å². The first-order valence-corrected chi connectivity index (χ1v) is 6.25. The molecular formula is C12H20N4O3. The number of carbonyl (C=O) groups excluding carboxylic acids is 2. The molecule has 1 aromatic heterocycles. The monoisotopic (exact) mass is 268 g/mol. The van der Waals surface area contributed by atoms with Crippen molar-refractivity contribution in [1.29, 1.82) is 0 Å². The summed E-state index contributed by atoms with van der Waals surface area (Å²) in [4.78, 5) is 23.1. The van der Waals surface area contributed by atoms with Gasteiger partial charge in [-0.15, -0.1) is 0 Å². The number of amides is 2. The zero-order valence-electron chi connectivity index (χ0n) is 11.3. The Hall–Kier alpha value is -1.89. The van der Waals surface area contributed by atoms with Crippen molar-refractivity contribution in [1.82, 2.24) is 20.8 Å². The maximum Gasteiger partial charge on any atom is 0.272 e. The molecule has 106 valence electrons. The average Bonchev–Trinajstić information content (AvgIpc) is 2.85. The molecule has 0 unspecified atom stereocenters. The van der Waals surface area contributed by atoms with Crippen molar-refractivity contribution in [2.24, 2.45) is 0 Å². The number of aromatic nitrogens is 2. The molecule has 19 heavy (non-hydrogen) atoms. The third kappa shape index (κ3) is 5.52. The first kappa shape index (κ1) is 15.2. The van der Waals surface area contributed by atoms with Crippen LogP contribution in [0.25, 0.3) is 0 Å². The number of hydrogen-bond acceptors (Lipinski definition) is 4. The van der Waals surface area contributed by atoms with E-state index < -0.39 is 0 Å². The lowest BCUT2D eigenvalue weighted by atomic mass is 10.2. The second-order valence-corrected chi connectivity index (χ2v) is 4.05. The molecule has 1 heterocycles. The van der Waals surface area contributed by atoms with Gasteiger partial charge in [-0.3, -0.25) is 14.7 Å². The van der Waals surface area contributed by atoms with E-state index in [-0.39, 0.29) is 18.4 Å². The molecule has 0 atom stereocenters. The fourth-order valence-corrected chi connectivity index (χ4v) is 1.48. The van der Waals surface area contributed by atoms with Crippen LogP contribution >= 0.6 is 0 Å². The first-order valence-electron chi connectivity index (χ1n) is 6.25. The van der Waals surface area contributed by atoms with Crippen LogP contribution in [0, 0.1) is 0 Å². The highest BCUT2D eigenvalue weighted by Gasteiger charge is 2.11. The van der Waals surface area contributed by atoms with E-state index in [9.17, 15) is 9.59 Å². The molecule has 1 aromatic rings. The summed E-state index contributed by atoms with van der Waals surface area (Å²) in [5.41, 5.74) is 1.21. The van der Waals surface area contributed by atoms with Gasteiger partial charge in [-0.05, 0) is 12.5 Å². The topological polar surface area (TPSA) is 96.1 Å². The molecule has 7 heteroatoms. The van der Waals surface area contributed by atoms with Gasteiger partial charge in [-0.1, -0.05) is 13.3 Å². The Morgan fingerprint density at radius 2 is 2.21 bits per heavy atom. The van der Waals surface area contributed by atoms with Crippen molar-refractivity contribution in [2.75, 3.05) is 26.8 Å². The van der Waals surface area contributed by atoms with Gasteiger partial charge in [0.2, 0.25) is 5.91 Å². The molecule has 7 nitrogen and oxygen atoms in total. The highest BCUT2D eigenvalue weighted by Crippen LogP contribution is 2.02. The summed E-state index contributed by atoms with van der Waals surface area (Å²) >= 11 is 0. The summed E-state index contributed by atoms with van der Waals surface area (Å²) in [6.45, 7) is 2.84. The van der Waals surface area contributed by atoms with Crippen LogP contribution in [-0.2, 0) is 16.0 Å². The van der Waals surface area contributed by atoms with Gasteiger partial charge in [0.25, 0.3) is 5.91 Å². The molecule has 2 amide bonds. The number of aromatic amines is 1. The molecule has 0 aliphatic carbocycles. The molecule has 3 N–H and O–H groups in total. The van der Waals surface area contributed by atoms with Crippen LogP contribution < -0.4 is 10.6 Å². The van der Waals surface area contributed by atoms with E-state index in [2.05, 4.69) is 20.8 Å². The Kier molecular flexibility index (Phi) is 6.59. The third-order valence-corrected chi connectivity index (χ3v) is 2.42. The smallest absolute Gasteiger partial charge is 0.272 e. The SMILES string of the molecule is CCCc1cc(C(=O)NCC(=O)NCCOC)n[nH]1. The fourth-order valence-electron chi connectivity index (χ4n) is 1.48. The van der Waals surface area contributed by atoms with Crippen molar-refractivity contribution in [3.05, 3.63) is 17.5 Å². The summed E-state index contributed by atoms with van der Waals surface area (Å²) in [7, 11) is 1.55. The number of nitrogens with one attached hydrogen (secondary N) is 3. The van der Waals surface area contributed by atoms with E-state index in [1.54, 1.807) is 13.2 Å². The minimum absolute atomic E-state index is 0.0709. The van der Waals surface area contributed by atoms with Gasteiger partial charge in [0, 0.05) is 19.3 Å². The predicted octanol–water partition coefficient (Wildman–Crippen LogP) is -0.145. The Morgan fingerprint density at radius 1 is 1.42 bits per heavy atom. The molecule has 0 spiro atoms. The van der Waals surface area contributed by atoms with E-state index in [0.717, 1.165) is 18.5 Å². The van der Waals surface area contributed by atoms with Gasteiger partial charge in [0.1, 0.15) is 5.69 Å². The van der Waals surface area contributed by atoms with Crippen molar-refractivity contribution >= 4 is 11.8 Å². The number of nitrogens with zero attached hydrogens (tertiary/aromatic N) is 1. The Labute approximate surface area is 112 Å². The van der Waals surface area contributed by atoms with Crippen molar-refractivity contribution in [3.63, 3.8) is 0 Å². The first-order chi connectivity index (χ1) is 9.17. The Morgan fingerprint density at radius 3 is 2.89 bits per heavy atom. The molecule has 0 bridgehead atoms. The summed E-state index contributed by atoms with van der Waals surface area (Å²) in [6, 6.07) is 1.70. The van der Waals surface area contributed by atoms with Gasteiger partial charge in [-0.25, -0.2) is 0 Å². The third-order valence-electron chi connectivity index (χ3n) is 2.42. The minimum Gasteiger partial charge on any atom is -0.383 e. The van der Waals surface area contributed by atoms with E-state index in [1.807, 2.05) is 6.92 Å². The second-order valence-electron chi connectivity index (χ2n) is 4.05. The number of carbonyl (C=O) groups is 2. The molecule has 1 rings (SSSR count). The standard InChI is InChI=1S/C12H20N4O3/c1-3-4-9-7-10(16-15-9)12(18)14-8-11(17)13-5-6-19-2/h7H,3-6,8H2,1-2H3,(H,13,17)(H,14,18)(H,15,16). The molecule has 0 aliphatic heterocycles. The normalized spacial score (nSPS) is 10.2. The van der Waals surface area contributed by atoms with Crippen molar-refractivity contribution < 1.29 is 14.3 Å². The quantitative estimate of drug-likeness (QED) is 0.571. The molecular weight excluding hydrogens is 248 g/mol. The summed E-state index contributed by atoms with van der Waals surface area (Å²) < 4.78 is 4.80. The molecule has 0 saturated heterocycles. The molecule has 0 aliphatic rings. The van der Waals surface area contributed by atoms with Crippen LogP contribution in [-0.4, -0.2) is 48.8 Å². The molecule has 0 aromatic carbocycles. The van der Waals surface area contributed by atoms with Crippen LogP contribution in [0.1, 0.15) is 29.5 Å². The number of hydrogen-bond donors (Lipinski definition) is 3. The second kappa shape index (κ2) is 8.25. The van der Waals surface area contributed by atoms with E-state index in [1.165, 1.54) is 0 Å². The van der Waals surface area contributed by atoms with Gasteiger partial charge in [0.15, 0.2) is 0 Å². The summed E-state index contributed by atoms with van der Waals surface area (Å²) in [6.07, 6.45) is 1.82. The number of aryl methyl sites for hydroxylation is 1. The maximum atomic E-state index is 11.7. The fraction of sp³-hybridized carbons (Fsp3) is 0.583. The van der Waals surface area contributed by atoms with Gasteiger partial charge >= 0.3 is 0 Å². The van der Waals surface area contributed by atoms with Crippen LogP contribution in [0.4, 0.5) is 0 Å². The minimum atomic E-state index is -0.361. The maximum absolute atomic E-state index is 11.7.